The first-order chi connectivity index (χ1) is 14.4. The van der Waals surface area contributed by atoms with Gasteiger partial charge in [0, 0.05) is 15.1 Å². The van der Waals surface area contributed by atoms with E-state index in [2.05, 4.69) is 22.2 Å². The number of nitrogens with two attached hydrogens (primary N) is 1. The molecule has 3 aromatic heterocycles. The molecule has 0 saturated heterocycles. The van der Waals surface area contributed by atoms with E-state index in [0.29, 0.717) is 10.6 Å². The Morgan fingerprint density at radius 1 is 1.13 bits per heavy atom. The summed E-state index contributed by atoms with van der Waals surface area (Å²) in [6.45, 7) is 4.09. The number of anilines is 1. The fraction of sp³-hybridized carbons (Fsp3) is 0.143. The molecule has 4 aromatic rings. The smallest absolute Gasteiger partial charge is 0.251 e. The lowest BCUT2D eigenvalue weighted by atomic mass is 10.1. The molecule has 0 aliphatic heterocycles. The average molecular weight is 455 g/mol. The van der Waals surface area contributed by atoms with Crippen molar-refractivity contribution in [3.63, 3.8) is 0 Å². The Labute approximate surface area is 185 Å². The number of thiophene rings is 2. The Morgan fingerprint density at radius 3 is 2.63 bits per heavy atom. The fourth-order valence-corrected chi connectivity index (χ4v) is 5.97. The molecule has 0 aliphatic carbocycles. The lowest BCUT2D eigenvalue weighted by Crippen LogP contribution is -2.17. The third-order valence-corrected chi connectivity index (χ3v) is 7.78. The molecule has 0 bridgehead atoms. The van der Waals surface area contributed by atoms with E-state index >= 15 is 0 Å². The Morgan fingerprint density at radius 2 is 1.90 bits per heavy atom. The number of primary amides is 1. The van der Waals surface area contributed by atoms with Gasteiger partial charge in [-0.3, -0.25) is 9.59 Å². The number of rotatable bonds is 6. The zero-order valence-electron chi connectivity index (χ0n) is 16.3. The van der Waals surface area contributed by atoms with E-state index in [1.54, 1.807) is 17.4 Å². The minimum absolute atomic E-state index is 0.164. The summed E-state index contributed by atoms with van der Waals surface area (Å²) in [5.41, 5.74) is 7.94. The van der Waals surface area contributed by atoms with Gasteiger partial charge in [0.25, 0.3) is 5.91 Å². The molecule has 3 heterocycles. The lowest BCUT2D eigenvalue weighted by molar-refractivity contribution is -0.113. The highest BCUT2D eigenvalue weighted by molar-refractivity contribution is 8.00. The molecular weight excluding hydrogens is 436 g/mol. The van der Waals surface area contributed by atoms with Crippen molar-refractivity contribution in [3.8, 4) is 10.4 Å². The zero-order valence-corrected chi connectivity index (χ0v) is 18.7. The topological polar surface area (TPSA) is 98.0 Å². The Hall–Kier alpha value is -2.75. The Balaban J connectivity index is 1.52. The standard InChI is InChI=1S/C21H18N4O2S3/c1-11-12(2)29-21-17(11)20(23-10-24-21)28-9-16(26)25-19-14(18(22)27)8-15(30-19)13-6-4-3-5-7-13/h3-8,10H,9H2,1-2H3,(H2,22,27)(H,25,26). The summed E-state index contributed by atoms with van der Waals surface area (Å²) >= 11 is 4.31. The maximum atomic E-state index is 12.6. The first-order valence-corrected chi connectivity index (χ1v) is 11.7. The van der Waals surface area contributed by atoms with E-state index in [9.17, 15) is 9.59 Å². The van der Waals surface area contributed by atoms with Crippen molar-refractivity contribution >= 4 is 61.5 Å². The van der Waals surface area contributed by atoms with Crippen LogP contribution in [0.25, 0.3) is 20.7 Å². The largest absolute Gasteiger partial charge is 0.366 e. The predicted octanol–water partition coefficient (Wildman–Crippen LogP) is 4.87. The molecule has 0 unspecified atom stereocenters. The van der Waals surface area contributed by atoms with E-state index in [1.165, 1.54) is 34.3 Å². The second-order valence-corrected chi connectivity index (χ2v) is 9.78. The molecule has 6 nitrogen and oxygen atoms in total. The number of aromatic nitrogens is 2. The van der Waals surface area contributed by atoms with Crippen molar-refractivity contribution in [2.24, 2.45) is 5.73 Å². The average Bonchev–Trinajstić information content (AvgIpc) is 3.28. The molecule has 30 heavy (non-hydrogen) atoms. The summed E-state index contributed by atoms with van der Waals surface area (Å²) in [4.78, 5) is 36.1. The number of carbonyl (C=O) groups is 2. The molecule has 0 atom stereocenters. The van der Waals surface area contributed by atoms with Crippen LogP contribution in [0.15, 0.2) is 47.8 Å². The van der Waals surface area contributed by atoms with Gasteiger partial charge in [-0.1, -0.05) is 42.1 Å². The summed E-state index contributed by atoms with van der Waals surface area (Å²) in [6, 6.07) is 11.4. The predicted molar refractivity (Wildman–Crippen MR) is 125 cm³/mol. The molecule has 0 fully saturated rings. The molecule has 9 heteroatoms. The monoisotopic (exact) mass is 454 g/mol. The van der Waals surface area contributed by atoms with Crippen LogP contribution in [-0.2, 0) is 4.79 Å². The van der Waals surface area contributed by atoms with Crippen LogP contribution in [0.5, 0.6) is 0 Å². The second-order valence-electron chi connectivity index (χ2n) is 6.56. The molecule has 0 saturated carbocycles. The van der Waals surface area contributed by atoms with Crippen LogP contribution in [0, 0.1) is 13.8 Å². The minimum Gasteiger partial charge on any atom is -0.366 e. The number of nitrogens with one attached hydrogen (secondary N) is 1. The Kier molecular flexibility index (Phi) is 5.85. The third kappa shape index (κ3) is 4.09. The molecule has 4 rings (SSSR count). The number of amides is 2. The number of fused-ring (bicyclic) bond motifs is 1. The summed E-state index contributed by atoms with van der Waals surface area (Å²) in [5, 5.41) is 5.08. The van der Waals surface area contributed by atoms with Gasteiger partial charge in [0.1, 0.15) is 21.2 Å². The molecule has 3 N–H and O–H groups in total. The van der Waals surface area contributed by atoms with Gasteiger partial charge in [0.2, 0.25) is 5.91 Å². The van der Waals surface area contributed by atoms with Crippen LogP contribution in [0.2, 0.25) is 0 Å². The third-order valence-electron chi connectivity index (χ3n) is 4.58. The number of nitrogens with zero attached hydrogens (tertiary/aromatic N) is 2. The van der Waals surface area contributed by atoms with E-state index in [0.717, 1.165) is 31.2 Å². The number of benzene rings is 1. The summed E-state index contributed by atoms with van der Waals surface area (Å²) in [5.74, 6) is -0.629. The quantitative estimate of drug-likeness (QED) is 0.320. The number of hydrogen-bond donors (Lipinski definition) is 2. The van der Waals surface area contributed by atoms with Crippen molar-refractivity contribution in [1.29, 1.82) is 0 Å². The summed E-state index contributed by atoms with van der Waals surface area (Å²) < 4.78 is 0. The van der Waals surface area contributed by atoms with Crippen LogP contribution in [-0.4, -0.2) is 27.5 Å². The van der Waals surface area contributed by atoms with Gasteiger partial charge in [-0.15, -0.1) is 22.7 Å². The van der Waals surface area contributed by atoms with E-state index in [-0.39, 0.29) is 11.7 Å². The number of hydrogen-bond acceptors (Lipinski definition) is 7. The van der Waals surface area contributed by atoms with Gasteiger partial charge in [-0.05, 0) is 31.0 Å². The van der Waals surface area contributed by atoms with Crippen LogP contribution >= 0.6 is 34.4 Å². The van der Waals surface area contributed by atoms with Crippen LogP contribution in [0.1, 0.15) is 20.8 Å². The van der Waals surface area contributed by atoms with Gasteiger partial charge in [0.05, 0.1) is 11.3 Å². The molecule has 0 radical (unpaired) electrons. The minimum atomic E-state index is -0.571. The first kappa shape index (κ1) is 20.5. The maximum absolute atomic E-state index is 12.6. The van der Waals surface area contributed by atoms with Crippen molar-refractivity contribution in [3.05, 3.63) is 58.7 Å². The number of thioether (sulfide) groups is 1. The summed E-state index contributed by atoms with van der Waals surface area (Å²) in [7, 11) is 0. The SMILES string of the molecule is Cc1sc2ncnc(SCC(=O)Nc3sc(-c4ccccc4)cc3C(N)=O)c2c1C. The van der Waals surface area contributed by atoms with Gasteiger partial charge in [0.15, 0.2) is 0 Å². The zero-order chi connectivity index (χ0) is 21.3. The van der Waals surface area contributed by atoms with E-state index in [1.807, 2.05) is 37.3 Å². The van der Waals surface area contributed by atoms with Gasteiger partial charge >= 0.3 is 0 Å². The normalized spacial score (nSPS) is 11.0. The van der Waals surface area contributed by atoms with E-state index < -0.39 is 5.91 Å². The van der Waals surface area contributed by atoms with E-state index in [4.69, 9.17) is 5.73 Å². The number of aryl methyl sites for hydroxylation is 2. The second kappa shape index (κ2) is 8.55. The van der Waals surface area contributed by atoms with Gasteiger partial charge < -0.3 is 11.1 Å². The van der Waals surface area contributed by atoms with Crippen molar-refractivity contribution < 1.29 is 9.59 Å². The Bertz CT molecular complexity index is 1250. The van der Waals surface area contributed by atoms with Crippen LogP contribution in [0.4, 0.5) is 5.00 Å². The first-order valence-electron chi connectivity index (χ1n) is 9.06. The van der Waals surface area contributed by atoms with Crippen molar-refractivity contribution in [2.75, 3.05) is 11.1 Å². The fourth-order valence-electron chi connectivity index (χ4n) is 2.97. The molecule has 0 aliphatic rings. The molecule has 1 aromatic carbocycles. The van der Waals surface area contributed by atoms with Crippen molar-refractivity contribution in [1.82, 2.24) is 9.97 Å². The van der Waals surface area contributed by atoms with Gasteiger partial charge in [-0.2, -0.15) is 0 Å². The van der Waals surface area contributed by atoms with Crippen LogP contribution < -0.4 is 11.1 Å². The molecule has 0 spiro atoms. The molecule has 152 valence electrons. The molecular formula is C21H18N4O2S3. The van der Waals surface area contributed by atoms with Crippen molar-refractivity contribution in [2.45, 2.75) is 18.9 Å². The lowest BCUT2D eigenvalue weighted by Gasteiger charge is -2.05. The summed E-state index contributed by atoms with van der Waals surface area (Å²) in [6.07, 6.45) is 1.52. The van der Waals surface area contributed by atoms with Gasteiger partial charge in [-0.25, -0.2) is 9.97 Å². The highest BCUT2D eigenvalue weighted by atomic mass is 32.2. The highest BCUT2D eigenvalue weighted by Crippen LogP contribution is 2.36. The maximum Gasteiger partial charge on any atom is 0.251 e. The molecule has 2 amide bonds. The van der Waals surface area contributed by atoms with Crippen LogP contribution in [0.3, 0.4) is 0 Å². The number of carbonyl (C=O) groups excluding carboxylic acids is 2. The highest BCUT2D eigenvalue weighted by Gasteiger charge is 2.18.